The van der Waals surface area contributed by atoms with Crippen LogP contribution in [0.4, 0.5) is 5.69 Å². The number of hydrogen-bond donors (Lipinski definition) is 2. The predicted molar refractivity (Wildman–Crippen MR) is 175 cm³/mol. The van der Waals surface area contributed by atoms with Crippen LogP contribution < -0.4 is 15.5 Å². The van der Waals surface area contributed by atoms with Gasteiger partial charge in [0.1, 0.15) is 17.9 Å². The van der Waals surface area contributed by atoms with Gasteiger partial charge in [-0.3, -0.25) is 14.6 Å². The molecule has 4 aliphatic rings. The standard InChI is InChI=1S/C33H37Cl2N7O2/c1-18-3-6-22(7-4-18)39-32(43)24-10-26-29(12-28(24)42-15-20-9-21(20)16-42)41(2)30(40-26)11-23-25(34)8-5-19(31(23)35)13-37-33(44)27-14-36-17-38-27/h5,8,10,12,17-18,20-22H,3-4,6-7,9,11,13-16H2,1-2H3,(H,37,44)(H,39,43). The first kappa shape index (κ1) is 29.3. The molecule has 9 nitrogen and oxygen atoms in total. The number of nitrogens with one attached hydrogen (secondary N) is 2. The van der Waals surface area contributed by atoms with Gasteiger partial charge in [0.05, 0.1) is 33.9 Å². The van der Waals surface area contributed by atoms with Gasteiger partial charge in [-0.05, 0) is 79.2 Å². The number of aromatic nitrogens is 2. The van der Waals surface area contributed by atoms with Crippen LogP contribution in [-0.2, 0) is 24.8 Å². The fourth-order valence-electron chi connectivity index (χ4n) is 6.93. The van der Waals surface area contributed by atoms with E-state index in [1.165, 1.54) is 12.8 Å². The van der Waals surface area contributed by atoms with E-state index < -0.39 is 0 Å². The summed E-state index contributed by atoms with van der Waals surface area (Å²) in [6.45, 7) is 4.80. The van der Waals surface area contributed by atoms with Crippen LogP contribution in [0.3, 0.4) is 0 Å². The van der Waals surface area contributed by atoms with Crippen molar-refractivity contribution in [1.82, 2.24) is 20.2 Å². The molecule has 2 aliphatic heterocycles. The lowest BCUT2D eigenvalue weighted by molar-refractivity contribution is -0.115. The van der Waals surface area contributed by atoms with Gasteiger partial charge in [0.15, 0.2) is 0 Å². The summed E-state index contributed by atoms with van der Waals surface area (Å²) < 4.78 is 2.07. The number of amides is 2. The number of aryl methyl sites for hydroxylation is 1. The van der Waals surface area contributed by atoms with Crippen LogP contribution in [0.5, 0.6) is 0 Å². The van der Waals surface area contributed by atoms with Crippen LogP contribution in [0.1, 0.15) is 66.3 Å². The van der Waals surface area contributed by atoms with Crippen LogP contribution in [0.15, 0.2) is 34.3 Å². The second-order valence-corrected chi connectivity index (χ2v) is 13.7. The van der Waals surface area contributed by atoms with Gasteiger partial charge >= 0.3 is 0 Å². The lowest BCUT2D eigenvalue weighted by Crippen LogP contribution is -2.38. The Morgan fingerprint density at radius 2 is 1.82 bits per heavy atom. The van der Waals surface area contributed by atoms with Crippen molar-refractivity contribution in [2.24, 2.45) is 34.8 Å². The van der Waals surface area contributed by atoms with Gasteiger partial charge in [0.25, 0.3) is 11.8 Å². The maximum absolute atomic E-state index is 13.8. The molecule has 2 N–H and O–H groups in total. The minimum absolute atomic E-state index is 0.00908. The molecule has 2 amide bonds. The molecule has 2 aliphatic carbocycles. The number of fused-ring (bicyclic) bond motifs is 2. The van der Waals surface area contributed by atoms with Gasteiger partial charge in [-0.25, -0.2) is 9.98 Å². The molecule has 0 radical (unpaired) electrons. The average molecular weight is 635 g/mol. The van der Waals surface area contributed by atoms with E-state index in [1.54, 1.807) is 6.07 Å². The van der Waals surface area contributed by atoms with Gasteiger partial charge in [0.2, 0.25) is 0 Å². The van der Waals surface area contributed by atoms with Crippen molar-refractivity contribution < 1.29 is 9.59 Å². The Balaban J connectivity index is 1.16. The van der Waals surface area contributed by atoms with Crippen LogP contribution in [0.25, 0.3) is 11.0 Å². The third-order valence-corrected chi connectivity index (χ3v) is 10.7. The van der Waals surface area contributed by atoms with Gasteiger partial charge < -0.3 is 20.1 Å². The van der Waals surface area contributed by atoms with E-state index in [1.807, 2.05) is 19.2 Å². The van der Waals surface area contributed by atoms with Crippen LogP contribution in [0.2, 0.25) is 10.0 Å². The van der Waals surface area contributed by atoms with E-state index in [2.05, 4.69) is 43.1 Å². The first-order valence-electron chi connectivity index (χ1n) is 15.6. The molecule has 1 saturated heterocycles. The number of imidazole rings is 1. The highest BCUT2D eigenvalue weighted by Gasteiger charge is 2.46. The summed E-state index contributed by atoms with van der Waals surface area (Å²) in [5.41, 5.74) is 5.30. The summed E-state index contributed by atoms with van der Waals surface area (Å²) in [7, 11) is 2.00. The fourth-order valence-corrected chi connectivity index (χ4v) is 7.50. The summed E-state index contributed by atoms with van der Waals surface area (Å²) >= 11 is 13.5. The van der Waals surface area contributed by atoms with E-state index in [4.69, 9.17) is 28.2 Å². The quantitative estimate of drug-likeness (QED) is 0.350. The molecule has 0 spiro atoms. The molecule has 2 aromatic carbocycles. The molecule has 230 valence electrons. The van der Waals surface area contributed by atoms with Crippen LogP contribution in [0, 0.1) is 17.8 Å². The molecule has 7 rings (SSSR count). The van der Waals surface area contributed by atoms with Crippen molar-refractivity contribution >= 4 is 63.8 Å². The third-order valence-electron chi connectivity index (χ3n) is 9.84. The maximum atomic E-state index is 13.8. The SMILES string of the molecule is CC1CCC(NC(=O)c2cc3nc(Cc4c(Cl)ccc(CNC(=O)C5=NC=NC5)c4Cl)n(C)c3cc2N2CC3CC3C2)CC1. The number of piperidine rings is 1. The highest BCUT2D eigenvalue weighted by molar-refractivity contribution is 6.41. The van der Waals surface area contributed by atoms with Gasteiger partial charge in [-0.15, -0.1) is 0 Å². The van der Waals surface area contributed by atoms with Crippen molar-refractivity contribution in [3.8, 4) is 0 Å². The summed E-state index contributed by atoms with van der Waals surface area (Å²) in [5, 5.41) is 7.24. The van der Waals surface area contributed by atoms with E-state index >= 15 is 0 Å². The number of rotatable bonds is 8. The number of benzene rings is 2. The molecule has 3 heterocycles. The van der Waals surface area contributed by atoms with E-state index in [0.717, 1.165) is 90.2 Å². The largest absolute Gasteiger partial charge is 0.370 e. The maximum Gasteiger partial charge on any atom is 0.267 e. The Morgan fingerprint density at radius 3 is 2.55 bits per heavy atom. The van der Waals surface area contributed by atoms with E-state index in [-0.39, 0.29) is 30.9 Å². The Bertz CT molecular complexity index is 1700. The number of hydrogen-bond acceptors (Lipinski definition) is 6. The number of aliphatic imine (C=N–C) groups is 2. The molecule has 2 atom stereocenters. The smallest absolute Gasteiger partial charge is 0.267 e. The normalized spacial score (nSPS) is 24.0. The molecule has 11 heteroatoms. The zero-order valence-corrected chi connectivity index (χ0v) is 26.6. The van der Waals surface area contributed by atoms with Gasteiger partial charge in [-0.1, -0.05) is 36.2 Å². The Kier molecular flexibility index (Phi) is 7.87. The second-order valence-electron chi connectivity index (χ2n) is 12.9. The molecular weight excluding hydrogens is 597 g/mol. The van der Waals surface area contributed by atoms with Crippen LogP contribution >= 0.6 is 23.2 Å². The van der Waals surface area contributed by atoms with Crippen molar-refractivity contribution in [3.05, 3.63) is 56.8 Å². The van der Waals surface area contributed by atoms with E-state index in [9.17, 15) is 9.59 Å². The lowest BCUT2D eigenvalue weighted by Gasteiger charge is -2.28. The first-order chi connectivity index (χ1) is 21.2. The summed E-state index contributed by atoms with van der Waals surface area (Å²) in [6.07, 6.45) is 7.44. The number of anilines is 1. The Labute approximate surface area is 267 Å². The monoisotopic (exact) mass is 633 g/mol. The van der Waals surface area contributed by atoms with Crippen molar-refractivity contribution in [2.75, 3.05) is 24.5 Å². The Morgan fingerprint density at radius 1 is 1.05 bits per heavy atom. The van der Waals surface area contributed by atoms with Gasteiger partial charge in [-0.2, -0.15) is 0 Å². The molecule has 2 unspecified atom stereocenters. The van der Waals surface area contributed by atoms with Crippen molar-refractivity contribution in [1.29, 1.82) is 0 Å². The minimum Gasteiger partial charge on any atom is -0.370 e. The first-order valence-corrected chi connectivity index (χ1v) is 16.3. The van der Waals surface area contributed by atoms with E-state index in [0.29, 0.717) is 27.7 Å². The highest BCUT2D eigenvalue weighted by atomic mass is 35.5. The minimum atomic E-state index is -0.269. The Hall–Kier alpha value is -3.43. The molecule has 2 saturated carbocycles. The molecule has 1 aromatic heterocycles. The molecule has 3 aromatic rings. The number of carbonyl (C=O) groups is 2. The average Bonchev–Trinajstić information content (AvgIpc) is 3.37. The molecular formula is C33H37Cl2N7O2. The highest BCUT2D eigenvalue weighted by Crippen LogP contribution is 2.47. The zero-order chi connectivity index (χ0) is 30.5. The molecule has 3 fully saturated rings. The third kappa shape index (κ3) is 5.72. The number of halogens is 2. The van der Waals surface area contributed by atoms with Crippen LogP contribution in [-0.4, -0.2) is 59.1 Å². The lowest BCUT2D eigenvalue weighted by atomic mass is 9.87. The molecule has 0 bridgehead atoms. The number of nitrogens with zero attached hydrogens (tertiary/aromatic N) is 5. The predicted octanol–water partition coefficient (Wildman–Crippen LogP) is 5.33. The fraction of sp³-hybridized carbons (Fsp3) is 0.485. The summed E-state index contributed by atoms with van der Waals surface area (Å²) in [6, 6.07) is 7.94. The summed E-state index contributed by atoms with van der Waals surface area (Å²) in [5.74, 6) is 2.71. The van der Waals surface area contributed by atoms with Crippen molar-refractivity contribution in [3.63, 3.8) is 0 Å². The topological polar surface area (TPSA) is 104 Å². The van der Waals surface area contributed by atoms with Crippen molar-refractivity contribution in [2.45, 2.75) is 58.0 Å². The second kappa shape index (κ2) is 11.8. The number of carbonyl (C=O) groups excluding carboxylic acids is 2. The van der Waals surface area contributed by atoms with Gasteiger partial charge in [0, 0.05) is 44.2 Å². The zero-order valence-electron chi connectivity index (χ0n) is 25.1. The molecule has 44 heavy (non-hydrogen) atoms. The summed E-state index contributed by atoms with van der Waals surface area (Å²) in [4.78, 5) is 41.5.